The van der Waals surface area contributed by atoms with Gasteiger partial charge in [0.15, 0.2) is 5.82 Å². The molecule has 0 radical (unpaired) electrons. The highest BCUT2D eigenvalue weighted by Gasteiger charge is 2.29. The van der Waals surface area contributed by atoms with Crippen LogP contribution in [0.1, 0.15) is 25.0 Å². The maximum Gasteiger partial charge on any atom is 0.240 e. The van der Waals surface area contributed by atoms with Crippen molar-refractivity contribution < 1.29 is 4.79 Å². The number of H-pyrrole nitrogens is 1. The maximum atomic E-state index is 12.9. The lowest BCUT2D eigenvalue weighted by molar-refractivity contribution is -0.117. The van der Waals surface area contributed by atoms with Crippen LogP contribution in [0, 0.1) is 0 Å². The largest absolute Gasteiger partial charge is 0.311 e. The lowest BCUT2D eigenvalue weighted by atomic mass is 10.1. The van der Waals surface area contributed by atoms with E-state index >= 15 is 0 Å². The summed E-state index contributed by atoms with van der Waals surface area (Å²) in [5, 5.41) is 7.61. The molecule has 0 spiro atoms. The average Bonchev–Trinajstić information content (AvgIpc) is 3.34. The maximum absolute atomic E-state index is 12.9. The van der Waals surface area contributed by atoms with Crippen LogP contribution < -0.4 is 4.90 Å². The van der Waals surface area contributed by atoms with Crippen LogP contribution in [0.2, 0.25) is 0 Å². The summed E-state index contributed by atoms with van der Waals surface area (Å²) in [7, 11) is 0. The molecule has 4 rings (SSSR count). The number of thioether (sulfide) groups is 1. The minimum Gasteiger partial charge on any atom is -0.311 e. The number of aromatic amines is 1. The molecular formula is C21H22N4OS. The summed E-state index contributed by atoms with van der Waals surface area (Å²) in [4.78, 5) is 19.3. The molecule has 1 aliphatic heterocycles. The highest BCUT2D eigenvalue weighted by atomic mass is 32.2. The van der Waals surface area contributed by atoms with Gasteiger partial charge in [0.1, 0.15) is 0 Å². The van der Waals surface area contributed by atoms with Crippen LogP contribution in [0.4, 0.5) is 5.69 Å². The zero-order chi connectivity index (χ0) is 18.8. The number of para-hydroxylation sites is 1. The smallest absolute Gasteiger partial charge is 0.240 e. The van der Waals surface area contributed by atoms with Gasteiger partial charge in [0, 0.05) is 17.8 Å². The lowest BCUT2D eigenvalue weighted by Crippen LogP contribution is -2.35. The van der Waals surface area contributed by atoms with E-state index < -0.39 is 0 Å². The van der Waals surface area contributed by atoms with Crippen molar-refractivity contribution >= 4 is 23.4 Å². The molecule has 1 aliphatic rings. The number of fused-ring (bicyclic) bond motifs is 1. The number of aromatic nitrogens is 3. The van der Waals surface area contributed by atoms with Crippen LogP contribution in [-0.4, -0.2) is 32.9 Å². The van der Waals surface area contributed by atoms with Crippen LogP contribution in [0.25, 0.3) is 11.4 Å². The molecule has 0 unspecified atom stereocenters. The van der Waals surface area contributed by atoms with Gasteiger partial charge in [-0.15, -0.1) is 5.10 Å². The summed E-state index contributed by atoms with van der Waals surface area (Å²) >= 11 is 1.39. The van der Waals surface area contributed by atoms with Crippen molar-refractivity contribution in [2.45, 2.75) is 37.1 Å². The Labute approximate surface area is 163 Å². The molecule has 0 bridgehead atoms. The Morgan fingerprint density at radius 2 is 2.00 bits per heavy atom. The summed E-state index contributed by atoms with van der Waals surface area (Å²) in [6, 6.07) is 16.4. The number of carbonyl (C=O) groups excluding carboxylic acids is 1. The standard InChI is InChI=1S/C21H22N4OS/c1-3-15-8-10-17(11-9-15)19-22-21(24-23-19)27-14(2)20(26)25-13-12-16-6-4-5-7-18(16)25/h4-11,14H,3,12-13H2,1-2H3,(H,22,23,24)/t14-/m1/s1. The Bertz CT molecular complexity index is 951. The molecule has 0 fully saturated rings. The number of nitrogens with zero attached hydrogens (tertiary/aromatic N) is 3. The fourth-order valence-electron chi connectivity index (χ4n) is 3.32. The van der Waals surface area contributed by atoms with Crippen molar-refractivity contribution in [1.82, 2.24) is 15.2 Å². The van der Waals surface area contributed by atoms with Crippen LogP contribution in [0.5, 0.6) is 0 Å². The quantitative estimate of drug-likeness (QED) is 0.679. The first-order valence-electron chi connectivity index (χ1n) is 9.23. The third-order valence-corrected chi connectivity index (χ3v) is 5.83. The van der Waals surface area contributed by atoms with Crippen LogP contribution in [0.15, 0.2) is 53.7 Å². The number of rotatable bonds is 5. The second-order valence-corrected chi connectivity index (χ2v) is 7.95. The minimum atomic E-state index is -0.248. The Hall–Kier alpha value is -2.60. The van der Waals surface area contributed by atoms with Crippen molar-refractivity contribution in [3.8, 4) is 11.4 Å². The number of amides is 1. The molecule has 138 valence electrons. The molecule has 27 heavy (non-hydrogen) atoms. The van der Waals surface area contributed by atoms with Gasteiger partial charge < -0.3 is 4.90 Å². The summed E-state index contributed by atoms with van der Waals surface area (Å²) in [6.07, 6.45) is 1.93. The summed E-state index contributed by atoms with van der Waals surface area (Å²) in [5.74, 6) is 0.829. The number of hydrogen-bond acceptors (Lipinski definition) is 4. The molecule has 1 aromatic heterocycles. The Morgan fingerprint density at radius 1 is 1.22 bits per heavy atom. The number of hydrogen-bond donors (Lipinski definition) is 1. The van der Waals surface area contributed by atoms with Crippen molar-refractivity contribution in [2.24, 2.45) is 0 Å². The summed E-state index contributed by atoms with van der Waals surface area (Å²) in [5.41, 5.74) is 4.55. The summed E-state index contributed by atoms with van der Waals surface area (Å²) in [6.45, 7) is 4.79. The van der Waals surface area contributed by atoms with Crippen molar-refractivity contribution in [1.29, 1.82) is 0 Å². The number of benzene rings is 2. The topological polar surface area (TPSA) is 61.9 Å². The van der Waals surface area contributed by atoms with Gasteiger partial charge in [-0.1, -0.05) is 61.2 Å². The highest BCUT2D eigenvalue weighted by Crippen LogP contribution is 2.31. The van der Waals surface area contributed by atoms with E-state index in [1.54, 1.807) is 0 Å². The van der Waals surface area contributed by atoms with Gasteiger partial charge in [-0.3, -0.25) is 9.89 Å². The molecule has 3 aromatic rings. The van der Waals surface area contributed by atoms with Crippen LogP contribution >= 0.6 is 11.8 Å². The molecule has 1 N–H and O–H groups in total. The SMILES string of the molecule is CCc1ccc(-c2nc(S[C@H](C)C(=O)N3CCc4ccccc43)n[nH]2)cc1. The molecule has 0 saturated carbocycles. The number of nitrogens with one attached hydrogen (secondary N) is 1. The Balaban J connectivity index is 1.45. The van der Waals surface area contributed by atoms with Gasteiger partial charge in [-0.05, 0) is 37.0 Å². The lowest BCUT2D eigenvalue weighted by Gasteiger charge is -2.20. The predicted molar refractivity (Wildman–Crippen MR) is 109 cm³/mol. The Morgan fingerprint density at radius 3 is 2.78 bits per heavy atom. The van der Waals surface area contributed by atoms with E-state index in [0.29, 0.717) is 5.16 Å². The van der Waals surface area contributed by atoms with E-state index in [-0.39, 0.29) is 11.2 Å². The third-order valence-electron chi connectivity index (χ3n) is 4.88. The molecule has 1 atom stereocenters. The molecular weight excluding hydrogens is 356 g/mol. The Kier molecular flexibility index (Phi) is 4.99. The molecule has 2 heterocycles. The molecule has 6 heteroatoms. The molecule has 0 aliphatic carbocycles. The van der Waals surface area contributed by atoms with Gasteiger partial charge in [0.05, 0.1) is 5.25 Å². The second-order valence-electron chi connectivity index (χ2n) is 6.65. The van der Waals surface area contributed by atoms with Gasteiger partial charge in [-0.25, -0.2) is 4.98 Å². The van der Waals surface area contributed by atoms with Crippen LogP contribution in [0.3, 0.4) is 0 Å². The number of carbonyl (C=O) groups is 1. The van der Waals surface area contributed by atoms with Crippen molar-refractivity contribution in [2.75, 3.05) is 11.4 Å². The van der Waals surface area contributed by atoms with E-state index in [9.17, 15) is 4.79 Å². The van der Waals surface area contributed by atoms with E-state index in [0.717, 1.165) is 36.5 Å². The first-order chi connectivity index (χ1) is 13.2. The molecule has 2 aromatic carbocycles. The molecule has 0 saturated heterocycles. The predicted octanol–water partition coefficient (Wildman–Crippen LogP) is 4.10. The van der Waals surface area contributed by atoms with E-state index in [1.165, 1.54) is 22.9 Å². The zero-order valence-corrected chi connectivity index (χ0v) is 16.3. The summed E-state index contributed by atoms with van der Waals surface area (Å²) < 4.78 is 0. The highest BCUT2D eigenvalue weighted by molar-refractivity contribution is 8.00. The van der Waals surface area contributed by atoms with Gasteiger partial charge in [-0.2, -0.15) is 0 Å². The fraction of sp³-hybridized carbons (Fsp3) is 0.286. The zero-order valence-electron chi connectivity index (χ0n) is 15.5. The molecule has 5 nitrogen and oxygen atoms in total. The fourth-order valence-corrected chi connectivity index (χ4v) is 4.11. The number of aryl methyl sites for hydroxylation is 1. The van der Waals surface area contributed by atoms with Gasteiger partial charge in [0.2, 0.25) is 11.1 Å². The van der Waals surface area contributed by atoms with Crippen molar-refractivity contribution in [3.63, 3.8) is 0 Å². The van der Waals surface area contributed by atoms with Crippen molar-refractivity contribution in [3.05, 3.63) is 59.7 Å². The molecule has 1 amide bonds. The van der Waals surface area contributed by atoms with E-state index in [1.807, 2.05) is 42.2 Å². The third kappa shape index (κ3) is 3.62. The number of anilines is 1. The van der Waals surface area contributed by atoms with E-state index in [4.69, 9.17) is 0 Å². The van der Waals surface area contributed by atoms with Crippen LogP contribution in [-0.2, 0) is 17.6 Å². The first-order valence-corrected chi connectivity index (χ1v) is 10.1. The minimum absolute atomic E-state index is 0.101. The second kappa shape index (κ2) is 7.56. The first kappa shape index (κ1) is 17.8. The van der Waals surface area contributed by atoms with Gasteiger partial charge in [0.25, 0.3) is 0 Å². The van der Waals surface area contributed by atoms with E-state index in [2.05, 4.69) is 40.3 Å². The average molecular weight is 379 g/mol. The monoisotopic (exact) mass is 378 g/mol. The normalized spacial score (nSPS) is 14.2. The van der Waals surface area contributed by atoms with Gasteiger partial charge >= 0.3 is 0 Å².